The van der Waals surface area contributed by atoms with Crippen molar-refractivity contribution in [2.75, 3.05) is 49.9 Å². The third-order valence-corrected chi connectivity index (χ3v) is 6.23. The van der Waals surface area contributed by atoms with Crippen LogP contribution in [0.2, 0.25) is 0 Å². The Labute approximate surface area is 199 Å². The topological polar surface area (TPSA) is 115 Å². The van der Waals surface area contributed by atoms with Gasteiger partial charge in [-0.15, -0.1) is 0 Å². The molecule has 0 amide bonds. The zero-order chi connectivity index (χ0) is 23.9. The van der Waals surface area contributed by atoms with Crippen LogP contribution in [-0.2, 0) is 0 Å². The summed E-state index contributed by atoms with van der Waals surface area (Å²) in [6.45, 7) is 3.04. The number of rotatable bonds is 4. The van der Waals surface area contributed by atoms with E-state index in [1.807, 2.05) is 23.1 Å². The maximum absolute atomic E-state index is 13.2. The SMILES string of the molecule is COc1cccc(N2CCN(c3ncc4c(=O)n(-c5ccc6c(c5)OCO6)c(=O)[nH]c4n3)CC2)c1. The summed E-state index contributed by atoms with van der Waals surface area (Å²) >= 11 is 0. The number of H-pyrrole nitrogens is 1. The van der Waals surface area contributed by atoms with Crippen LogP contribution in [0.25, 0.3) is 16.7 Å². The fourth-order valence-corrected chi connectivity index (χ4v) is 4.38. The first-order valence-corrected chi connectivity index (χ1v) is 11.2. The van der Waals surface area contributed by atoms with Crippen molar-refractivity contribution in [3.05, 3.63) is 69.5 Å². The van der Waals surface area contributed by atoms with Crippen molar-refractivity contribution in [1.82, 2.24) is 19.5 Å². The molecule has 2 aromatic carbocycles. The average molecular weight is 474 g/mol. The second kappa shape index (κ2) is 8.35. The minimum atomic E-state index is -0.589. The van der Waals surface area contributed by atoms with Crippen molar-refractivity contribution in [3.8, 4) is 22.9 Å². The number of aromatic nitrogens is 4. The lowest BCUT2D eigenvalue weighted by atomic mass is 10.2. The average Bonchev–Trinajstić information content (AvgIpc) is 3.37. The molecule has 6 rings (SSSR count). The van der Waals surface area contributed by atoms with Crippen LogP contribution in [0.15, 0.2) is 58.3 Å². The summed E-state index contributed by atoms with van der Waals surface area (Å²) in [5.74, 6) is 2.34. The molecule has 1 N–H and O–H groups in total. The number of nitrogens with one attached hydrogen (secondary N) is 1. The van der Waals surface area contributed by atoms with Gasteiger partial charge >= 0.3 is 5.69 Å². The summed E-state index contributed by atoms with van der Waals surface area (Å²) in [5, 5.41) is 0.223. The summed E-state index contributed by atoms with van der Waals surface area (Å²) in [6.07, 6.45) is 1.47. The quantitative estimate of drug-likeness (QED) is 0.470. The number of aromatic amines is 1. The number of hydrogen-bond donors (Lipinski definition) is 1. The van der Waals surface area contributed by atoms with Crippen LogP contribution in [-0.4, -0.2) is 59.6 Å². The molecule has 11 heteroatoms. The minimum Gasteiger partial charge on any atom is -0.497 e. The molecule has 0 bridgehead atoms. The Kier molecular flexibility index (Phi) is 5.02. The van der Waals surface area contributed by atoms with E-state index in [2.05, 4.69) is 25.9 Å². The zero-order valence-corrected chi connectivity index (χ0v) is 18.9. The Hall–Kier alpha value is -4.54. The number of piperazine rings is 1. The molecule has 0 atom stereocenters. The molecule has 2 aliphatic rings. The Morgan fingerprint density at radius 3 is 2.57 bits per heavy atom. The fourth-order valence-electron chi connectivity index (χ4n) is 4.38. The molecule has 0 saturated carbocycles. The lowest BCUT2D eigenvalue weighted by Crippen LogP contribution is -2.47. The highest BCUT2D eigenvalue weighted by atomic mass is 16.7. The highest BCUT2D eigenvalue weighted by molar-refractivity contribution is 5.74. The number of anilines is 2. The molecule has 0 radical (unpaired) electrons. The van der Waals surface area contributed by atoms with Gasteiger partial charge in [0.15, 0.2) is 17.1 Å². The standard InChI is InChI=1S/C24H22N6O5/c1-33-17-4-2-3-15(11-17)28-7-9-29(10-8-28)23-25-13-18-21(26-23)27-24(32)30(22(18)31)16-5-6-19-20(12-16)35-14-34-19/h2-6,11-13H,7-10,14H2,1H3,(H,25,26,27,32). The molecule has 1 saturated heterocycles. The molecular weight excluding hydrogens is 452 g/mol. The second-order valence-corrected chi connectivity index (χ2v) is 8.22. The van der Waals surface area contributed by atoms with Gasteiger partial charge in [0.25, 0.3) is 5.56 Å². The summed E-state index contributed by atoms with van der Waals surface area (Å²) in [4.78, 5) is 42.0. The van der Waals surface area contributed by atoms with Crippen molar-refractivity contribution in [2.24, 2.45) is 0 Å². The van der Waals surface area contributed by atoms with E-state index in [1.165, 1.54) is 6.20 Å². The Morgan fingerprint density at radius 2 is 1.74 bits per heavy atom. The molecule has 178 valence electrons. The van der Waals surface area contributed by atoms with E-state index in [1.54, 1.807) is 25.3 Å². The van der Waals surface area contributed by atoms with Gasteiger partial charge in [-0.3, -0.25) is 9.78 Å². The number of nitrogens with zero attached hydrogens (tertiary/aromatic N) is 5. The van der Waals surface area contributed by atoms with Crippen LogP contribution < -0.4 is 35.3 Å². The summed E-state index contributed by atoms with van der Waals surface area (Å²) in [6, 6.07) is 12.9. The lowest BCUT2D eigenvalue weighted by Gasteiger charge is -2.36. The second-order valence-electron chi connectivity index (χ2n) is 8.22. The smallest absolute Gasteiger partial charge is 0.334 e. The van der Waals surface area contributed by atoms with Gasteiger partial charge in [-0.05, 0) is 24.3 Å². The molecule has 11 nitrogen and oxygen atoms in total. The van der Waals surface area contributed by atoms with Crippen LogP contribution in [0.4, 0.5) is 11.6 Å². The van der Waals surface area contributed by atoms with Crippen LogP contribution in [0.3, 0.4) is 0 Å². The minimum absolute atomic E-state index is 0.103. The van der Waals surface area contributed by atoms with E-state index >= 15 is 0 Å². The number of methoxy groups -OCH3 is 1. The first-order chi connectivity index (χ1) is 17.1. The summed E-state index contributed by atoms with van der Waals surface area (Å²) in [5.41, 5.74) is 0.583. The molecule has 1 fully saturated rings. The van der Waals surface area contributed by atoms with E-state index in [9.17, 15) is 9.59 Å². The van der Waals surface area contributed by atoms with Gasteiger partial charge in [-0.25, -0.2) is 14.3 Å². The van der Waals surface area contributed by atoms with E-state index in [0.717, 1.165) is 29.1 Å². The largest absolute Gasteiger partial charge is 0.497 e. The molecule has 0 spiro atoms. The van der Waals surface area contributed by atoms with Crippen molar-refractivity contribution in [2.45, 2.75) is 0 Å². The van der Waals surface area contributed by atoms with Gasteiger partial charge in [0, 0.05) is 50.2 Å². The Morgan fingerprint density at radius 1 is 0.943 bits per heavy atom. The number of ether oxygens (including phenoxy) is 3. The zero-order valence-electron chi connectivity index (χ0n) is 18.9. The Bertz CT molecular complexity index is 1540. The van der Waals surface area contributed by atoms with Crippen molar-refractivity contribution in [3.63, 3.8) is 0 Å². The maximum atomic E-state index is 13.2. The third-order valence-electron chi connectivity index (χ3n) is 6.23. The fraction of sp³-hybridized carbons (Fsp3) is 0.250. The van der Waals surface area contributed by atoms with Crippen molar-refractivity contribution in [1.29, 1.82) is 0 Å². The summed E-state index contributed by atoms with van der Waals surface area (Å²) in [7, 11) is 1.66. The number of hydrogen-bond acceptors (Lipinski definition) is 9. The maximum Gasteiger partial charge on any atom is 0.334 e. The van der Waals surface area contributed by atoms with Crippen LogP contribution in [0, 0.1) is 0 Å². The first kappa shape index (κ1) is 21.0. The molecule has 2 aliphatic heterocycles. The molecule has 0 aliphatic carbocycles. The van der Waals surface area contributed by atoms with E-state index in [0.29, 0.717) is 36.2 Å². The monoisotopic (exact) mass is 474 g/mol. The van der Waals surface area contributed by atoms with Crippen LogP contribution in [0.1, 0.15) is 0 Å². The van der Waals surface area contributed by atoms with E-state index < -0.39 is 11.2 Å². The predicted molar refractivity (Wildman–Crippen MR) is 129 cm³/mol. The molecule has 4 aromatic rings. The van der Waals surface area contributed by atoms with Crippen LogP contribution >= 0.6 is 0 Å². The molecular formula is C24H22N6O5. The first-order valence-electron chi connectivity index (χ1n) is 11.2. The van der Waals surface area contributed by atoms with Crippen LogP contribution in [0.5, 0.6) is 17.2 Å². The third kappa shape index (κ3) is 3.70. The van der Waals surface area contributed by atoms with Gasteiger partial charge < -0.3 is 24.0 Å². The highest BCUT2D eigenvalue weighted by Gasteiger charge is 2.21. The normalized spacial score (nSPS) is 15.0. The van der Waals surface area contributed by atoms with Gasteiger partial charge in [-0.1, -0.05) is 6.07 Å². The van der Waals surface area contributed by atoms with Gasteiger partial charge in [0.1, 0.15) is 11.1 Å². The van der Waals surface area contributed by atoms with Crippen molar-refractivity contribution >= 4 is 22.7 Å². The van der Waals surface area contributed by atoms with E-state index in [-0.39, 0.29) is 17.8 Å². The number of fused-ring (bicyclic) bond motifs is 2. The molecule has 0 unspecified atom stereocenters. The number of benzene rings is 2. The highest BCUT2D eigenvalue weighted by Crippen LogP contribution is 2.33. The molecule has 2 aromatic heterocycles. The lowest BCUT2D eigenvalue weighted by molar-refractivity contribution is 0.174. The predicted octanol–water partition coefficient (Wildman–Crippen LogP) is 1.53. The van der Waals surface area contributed by atoms with Gasteiger partial charge in [0.2, 0.25) is 12.7 Å². The summed E-state index contributed by atoms with van der Waals surface area (Å²) < 4.78 is 17.0. The van der Waals surface area contributed by atoms with Crippen molar-refractivity contribution < 1.29 is 14.2 Å². The van der Waals surface area contributed by atoms with E-state index in [4.69, 9.17) is 14.2 Å². The molecule has 35 heavy (non-hydrogen) atoms. The molecule has 4 heterocycles. The Balaban J connectivity index is 1.26. The van der Waals surface area contributed by atoms with Gasteiger partial charge in [0.05, 0.1) is 12.8 Å². The van der Waals surface area contributed by atoms with Gasteiger partial charge in [-0.2, -0.15) is 4.98 Å².